The van der Waals surface area contributed by atoms with Crippen molar-refractivity contribution in [3.05, 3.63) is 130 Å². The van der Waals surface area contributed by atoms with E-state index in [0.29, 0.717) is 30.5 Å². The molecule has 2 aromatic carbocycles. The van der Waals surface area contributed by atoms with E-state index >= 15 is 0 Å². The van der Waals surface area contributed by atoms with Gasteiger partial charge in [-0.1, -0.05) is 54.6 Å². The Morgan fingerprint density at radius 2 is 1.73 bits per heavy atom. The molecule has 0 aliphatic heterocycles. The lowest BCUT2D eigenvalue weighted by atomic mass is 9.48. The van der Waals surface area contributed by atoms with Crippen LogP contribution in [0.15, 0.2) is 91.3 Å². The summed E-state index contributed by atoms with van der Waals surface area (Å²) in [6.45, 7) is 3.69. The van der Waals surface area contributed by atoms with Gasteiger partial charge in [-0.05, 0) is 98.4 Å². The Balaban J connectivity index is 1.41. The fraction of sp³-hybridized carbons (Fsp3) is 0.343. The topological polar surface area (TPSA) is 83.3 Å². The molecule has 2 heterocycles. The maximum atomic E-state index is 13.3. The number of fused-ring (bicyclic) bond motifs is 3. The molecule has 2 aliphatic carbocycles. The van der Waals surface area contributed by atoms with Gasteiger partial charge in [0.2, 0.25) is 0 Å². The third kappa shape index (κ3) is 4.47. The molecule has 2 N–H and O–H groups in total. The first-order valence-electron chi connectivity index (χ1n) is 14.2. The monoisotopic (exact) mass is 532 g/mol. The number of aryl methyl sites for hydroxylation is 2. The van der Waals surface area contributed by atoms with Crippen LogP contribution in [-0.2, 0) is 30.3 Å². The zero-order valence-electron chi connectivity index (χ0n) is 23.2. The lowest BCUT2D eigenvalue weighted by molar-refractivity contribution is -0.206. The molecule has 5 heteroatoms. The Labute approximate surface area is 236 Å². The van der Waals surface area contributed by atoms with Crippen molar-refractivity contribution >= 4 is 5.78 Å². The lowest BCUT2D eigenvalue weighted by Crippen LogP contribution is -2.63. The molecule has 204 valence electrons. The van der Waals surface area contributed by atoms with Gasteiger partial charge in [-0.15, -0.1) is 0 Å². The Bertz CT molecular complexity index is 1540. The average molecular weight is 533 g/mol. The molecule has 1 fully saturated rings. The minimum Gasteiger partial charge on any atom is -0.387 e. The van der Waals surface area contributed by atoms with Gasteiger partial charge in [0.05, 0.1) is 11.3 Å². The fourth-order valence-electron chi connectivity index (χ4n) is 7.39. The van der Waals surface area contributed by atoms with Gasteiger partial charge >= 0.3 is 0 Å². The summed E-state index contributed by atoms with van der Waals surface area (Å²) >= 11 is 0. The number of nitrogens with zero attached hydrogens (tertiary/aromatic N) is 2. The van der Waals surface area contributed by atoms with Crippen LogP contribution >= 0.6 is 0 Å². The summed E-state index contributed by atoms with van der Waals surface area (Å²) in [6.07, 6.45) is 7.00. The van der Waals surface area contributed by atoms with Crippen molar-refractivity contribution in [2.45, 2.75) is 69.0 Å². The number of ketones is 1. The lowest BCUT2D eigenvalue weighted by Gasteiger charge is -2.59. The minimum absolute atomic E-state index is 0.0818. The van der Waals surface area contributed by atoms with Crippen molar-refractivity contribution in [2.75, 3.05) is 0 Å². The van der Waals surface area contributed by atoms with Gasteiger partial charge in [0.15, 0.2) is 5.78 Å². The van der Waals surface area contributed by atoms with Crippen molar-refractivity contribution in [3.8, 4) is 0 Å². The molecule has 4 aromatic rings. The molecule has 0 spiro atoms. The van der Waals surface area contributed by atoms with Gasteiger partial charge in [0.25, 0.3) is 0 Å². The van der Waals surface area contributed by atoms with Crippen LogP contribution in [0.1, 0.15) is 70.2 Å². The molecular weight excluding hydrogens is 496 g/mol. The van der Waals surface area contributed by atoms with E-state index in [0.717, 1.165) is 30.5 Å². The van der Waals surface area contributed by atoms with Crippen LogP contribution in [0.4, 0.5) is 0 Å². The molecule has 6 rings (SSSR count). The Morgan fingerprint density at radius 1 is 0.950 bits per heavy atom. The van der Waals surface area contributed by atoms with Gasteiger partial charge in [-0.3, -0.25) is 14.8 Å². The summed E-state index contributed by atoms with van der Waals surface area (Å²) in [4.78, 5) is 22.2. The van der Waals surface area contributed by atoms with Crippen LogP contribution in [0.2, 0.25) is 0 Å². The van der Waals surface area contributed by atoms with Crippen LogP contribution in [0.5, 0.6) is 0 Å². The average Bonchev–Trinajstić information content (AvgIpc) is 2.96. The van der Waals surface area contributed by atoms with E-state index in [1.807, 2.05) is 49.4 Å². The summed E-state index contributed by atoms with van der Waals surface area (Å²) in [5.41, 5.74) is 3.36. The first-order valence-corrected chi connectivity index (χ1v) is 14.2. The summed E-state index contributed by atoms with van der Waals surface area (Å²) in [7, 11) is 0. The number of aliphatic hydroxyl groups is 2. The molecule has 0 saturated heterocycles. The number of Topliss-reactive ketones (excluding diaryl/α,β-unsaturated/α-hetero) is 1. The van der Waals surface area contributed by atoms with Crippen LogP contribution in [0, 0.1) is 12.8 Å². The SMILES string of the molecule is Cc1ncccc1CC(=O)c1ccc2c(c1)CC[C@@H]1C[C@@](O)(c3ccccn3)[C@](C)(O)C[C@@]21Cc1ccccc1. The summed E-state index contributed by atoms with van der Waals surface area (Å²) in [6, 6.07) is 25.9. The highest BCUT2D eigenvalue weighted by Gasteiger charge is 2.62. The second kappa shape index (κ2) is 10.1. The van der Waals surface area contributed by atoms with Crippen molar-refractivity contribution in [3.63, 3.8) is 0 Å². The second-order valence-corrected chi connectivity index (χ2v) is 12.0. The molecule has 2 aromatic heterocycles. The zero-order chi connectivity index (χ0) is 28.0. The normalized spacial score (nSPS) is 27.4. The van der Waals surface area contributed by atoms with E-state index in [9.17, 15) is 15.0 Å². The van der Waals surface area contributed by atoms with E-state index < -0.39 is 11.2 Å². The van der Waals surface area contributed by atoms with Gasteiger partial charge in [0.1, 0.15) is 5.60 Å². The molecule has 1 saturated carbocycles. The second-order valence-electron chi connectivity index (χ2n) is 12.0. The van der Waals surface area contributed by atoms with Crippen LogP contribution in [-0.4, -0.2) is 31.6 Å². The van der Waals surface area contributed by atoms with E-state index in [1.165, 1.54) is 16.7 Å². The number of pyridine rings is 2. The molecule has 0 unspecified atom stereocenters. The van der Waals surface area contributed by atoms with E-state index in [1.54, 1.807) is 19.3 Å². The minimum atomic E-state index is -1.45. The van der Waals surface area contributed by atoms with Crippen LogP contribution in [0.3, 0.4) is 0 Å². The largest absolute Gasteiger partial charge is 0.387 e. The van der Waals surface area contributed by atoms with Gasteiger partial charge in [-0.2, -0.15) is 0 Å². The third-order valence-corrected chi connectivity index (χ3v) is 9.52. The Morgan fingerprint density at radius 3 is 2.48 bits per heavy atom. The van der Waals surface area contributed by atoms with E-state index in [-0.39, 0.29) is 17.1 Å². The number of hydrogen-bond donors (Lipinski definition) is 2. The van der Waals surface area contributed by atoms with Crippen molar-refractivity contribution in [1.29, 1.82) is 0 Å². The van der Waals surface area contributed by atoms with E-state index in [2.05, 4.69) is 46.4 Å². The number of carbonyl (C=O) groups excluding carboxylic acids is 1. The van der Waals surface area contributed by atoms with Crippen molar-refractivity contribution in [1.82, 2.24) is 9.97 Å². The number of rotatable bonds is 6. The Hall–Kier alpha value is -3.67. The third-order valence-electron chi connectivity index (χ3n) is 9.52. The highest BCUT2D eigenvalue weighted by atomic mass is 16.4. The van der Waals surface area contributed by atoms with Crippen molar-refractivity contribution in [2.24, 2.45) is 5.92 Å². The highest BCUT2D eigenvalue weighted by molar-refractivity contribution is 5.98. The molecular formula is C35H36N2O3. The number of hydrogen-bond acceptors (Lipinski definition) is 5. The molecule has 40 heavy (non-hydrogen) atoms. The standard InChI is InChI=1S/C35H36N2O3/c1-24-26(11-8-18-36-24)20-31(38)28-14-16-30-27(19-28)13-15-29-22-35(40,32-12-6-7-17-37-32)33(2,39)23-34(29,30)21-25-9-4-3-5-10-25/h3-12,14,16-19,29,39-40H,13,15,20-23H2,1-2H3/t29-,33-,34-,35-/m1/s1. The Kier molecular flexibility index (Phi) is 6.68. The predicted molar refractivity (Wildman–Crippen MR) is 155 cm³/mol. The van der Waals surface area contributed by atoms with Gasteiger partial charge in [0, 0.05) is 35.5 Å². The van der Waals surface area contributed by atoms with Crippen LogP contribution < -0.4 is 0 Å². The maximum Gasteiger partial charge on any atom is 0.167 e. The maximum absolute atomic E-state index is 13.3. The number of carbonyl (C=O) groups is 1. The highest BCUT2D eigenvalue weighted by Crippen LogP contribution is 2.59. The molecule has 5 nitrogen and oxygen atoms in total. The van der Waals surface area contributed by atoms with Crippen molar-refractivity contribution < 1.29 is 15.0 Å². The van der Waals surface area contributed by atoms with E-state index in [4.69, 9.17) is 0 Å². The van der Waals surface area contributed by atoms with Crippen LogP contribution in [0.25, 0.3) is 0 Å². The first kappa shape index (κ1) is 26.5. The first-order chi connectivity index (χ1) is 19.2. The molecule has 4 atom stereocenters. The summed E-state index contributed by atoms with van der Waals surface area (Å²) in [5, 5.41) is 24.1. The molecule has 0 radical (unpaired) electrons. The zero-order valence-corrected chi connectivity index (χ0v) is 23.2. The van der Waals surface area contributed by atoms with Gasteiger partial charge in [-0.25, -0.2) is 0 Å². The smallest absolute Gasteiger partial charge is 0.167 e. The summed E-state index contributed by atoms with van der Waals surface area (Å²) in [5.74, 6) is 0.213. The molecule has 0 amide bonds. The molecule has 2 aliphatic rings. The summed E-state index contributed by atoms with van der Waals surface area (Å²) < 4.78 is 0. The number of aromatic nitrogens is 2. The number of benzene rings is 2. The van der Waals surface area contributed by atoms with Gasteiger partial charge < -0.3 is 10.2 Å². The molecule has 0 bridgehead atoms. The predicted octanol–water partition coefficient (Wildman–Crippen LogP) is 5.69. The quantitative estimate of drug-likeness (QED) is 0.312. The fourth-order valence-corrected chi connectivity index (χ4v) is 7.39.